The third-order valence-electron chi connectivity index (χ3n) is 2.19. The van der Waals surface area contributed by atoms with Crippen molar-refractivity contribution in [1.82, 2.24) is 0 Å². The van der Waals surface area contributed by atoms with E-state index in [2.05, 4.69) is 40.7 Å². The minimum atomic E-state index is 1.05. The highest BCUT2D eigenvalue weighted by Crippen LogP contribution is 2.07. The van der Waals surface area contributed by atoms with Gasteiger partial charge in [-0.15, -0.1) is 0 Å². The monoisotopic (exact) mass is 208 g/mol. The zero-order chi connectivity index (χ0) is 11.7. The summed E-state index contributed by atoms with van der Waals surface area (Å²) in [6.07, 6.45) is 9.15. The molecule has 0 spiro atoms. The van der Waals surface area contributed by atoms with Crippen LogP contribution in [0.1, 0.15) is 53.9 Å². The molecule has 1 nitrogen and oxygen atoms in total. The van der Waals surface area contributed by atoms with Crippen molar-refractivity contribution in [2.24, 2.45) is 0 Å². The van der Waals surface area contributed by atoms with Gasteiger partial charge in [0.05, 0.1) is 12.5 Å². The highest BCUT2D eigenvalue weighted by atomic mass is 16.5. The highest BCUT2D eigenvalue weighted by Gasteiger charge is 1.89. The standard InChI is InChI=1S/C14H24O/c1-6-13(4)10-15-11-14(5)9-7-8-12(2)3/h8,10-11H,6-7,9H2,1-5H3/b13-10-,14-11+. The molecule has 0 heterocycles. The SMILES string of the molecule is CC/C(C)=C\O/C=C(\C)CCC=C(C)C. The normalized spacial score (nSPS) is 12.6. The van der Waals surface area contributed by atoms with Crippen LogP contribution in [-0.4, -0.2) is 0 Å². The van der Waals surface area contributed by atoms with Crippen LogP contribution < -0.4 is 0 Å². The Balaban J connectivity index is 3.85. The lowest BCUT2D eigenvalue weighted by Gasteiger charge is -1.99. The van der Waals surface area contributed by atoms with Crippen LogP contribution in [0.2, 0.25) is 0 Å². The molecule has 0 rings (SSSR count). The van der Waals surface area contributed by atoms with Crippen molar-refractivity contribution in [1.29, 1.82) is 0 Å². The average Bonchev–Trinajstić information content (AvgIpc) is 2.17. The summed E-state index contributed by atoms with van der Waals surface area (Å²) in [5.41, 5.74) is 3.93. The van der Waals surface area contributed by atoms with E-state index in [4.69, 9.17) is 4.74 Å². The molecule has 1 heteroatoms. The third-order valence-corrected chi connectivity index (χ3v) is 2.19. The predicted molar refractivity (Wildman–Crippen MR) is 67.6 cm³/mol. The van der Waals surface area contributed by atoms with Gasteiger partial charge in [0.25, 0.3) is 0 Å². The van der Waals surface area contributed by atoms with Gasteiger partial charge in [-0.25, -0.2) is 0 Å². The topological polar surface area (TPSA) is 9.23 Å². The van der Waals surface area contributed by atoms with Gasteiger partial charge in [-0.3, -0.25) is 0 Å². The van der Waals surface area contributed by atoms with Gasteiger partial charge in [-0.05, 0) is 58.1 Å². The van der Waals surface area contributed by atoms with Crippen molar-refractivity contribution >= 4 is 0 Å². The smallest absolute Gasteiger partial charge is 0.0890 e. The second-order valence-electron chi connectivity index (χ2n) is 4.24. The molecule has 0 amide bonds. The summed E-state index contributed by atoms with van der Waals surface area (Å²) < 4.78 is 5.36. The maximum atomic E-state index is 5.36. The fraction of sp³-hybridized carbons (Fsp3) is 0.571. The lowest BCUT2D eigenvalue weighted by molar-refractivity contribution is 0.390. The molecule has 0 radical (unpaired) electrons. The first-order chi connectivity index (χ1) is 7.06. The molecule has 0 saturated heterocycles. The van der Waals surface area contributed by atoms with Gasteiger partial charge < -0.3 is 4.74 Å². The number of hydrogen-bond acceptors (Lipinski definition) is 1. The molecular formula is C14H24O. The molecule has 0 saturated carbocycles. The highest BCUT2D eigenvalue weighted by molar-refractivity contribution is 5.01. The quantitative estimate of drug-likeness (QED) is 0.442. The van der Waals surface area contributed by atoms with Gasteiger partial charge in [-0.1, -0.05) is 18.6 Å². The summed E-state index contributed by atoms with van der Waals surface area (Å²) in [7, 11) is 0. The summed E-state index contributed by atoms with van der Waals surface area (Å²) in [5, 5.41) is 0. The van der Waals surface area contributed by atoms with Gasteiger partial charge in [0.2, 0.25) is 0 Å². The van der Waals surface area contributed by atoms with E-state index in [-0.39, 0.29) is 0 Å². The van der Waals surface area contributed by atoms with E-state index in [1.165, 1.54) is 16.7 Å². The Hall–Kier alpha value is -0.980. The van der Waals surface area contributed by atoms with E-state index >= 15 is 0 Å². The van der Waals surface area contributed by atoms with Crippen molar-refractivity contribution in [3.05, 3.63) is 35.3 Å². The molecule has 0 aliphatic rings. The van der Waals surface area contributed by atoms with E-state index in [1.54, 1.807) is 0 Å². The number of rotatable bonds is 6. The Morgan fingerprint density at radius 2 is 1.60 bits per heavy atom. The fourth-order valence-electron chi connectivity index (χ4n) is 0.997. The van der Waals surface area contributed by atoms with Crippen molar-refractivity contribution in [2.45, 2.75) is 53.9 Å². The summed E-state index contributed by atoms with van der Waals surface area (Å²) >= 11 is 0. The zero-order valence-electron chi connectivity index (χ0n) is 10.8. The third kappa shape index (κ3) is 9.33. The van der Waals surface area contributed by atoms with Crippen molar-refractivity contribution in [3.8, 4) is 0 Å². The minimum absolute atomic E-state index is 1.05. The first-order valence-electron chi connectivity index (χ1n) is 5.66. The molecule has 0 N–H and O–H groups in total. The van der Waals surface area contributed by atoms with Crippen molar-refractivity contribution < 1.29 is 4.74 Å². The molecule has 86 valence electrons. The Kier molecular flexibility index (Phi) is 7.79. The average molecular weight is 208 g/mol. The van der Waals surface area contributed by atoms with E-state index in [0.29, 0.717) is 0 Å². The second-order valence-corrected chi connectivity index (χ2v) is 4.24. The van der Waals surface area contributed by atoms with Crippen LogP contribution in [-0.2, 0) is 4.74 Å². The van der Waals surface area contributed by atoms with Crippen LogP contribution in [0.4, 0.5) is 0 Å². The number of allylic oxidation sites excluding steroid dienone is 4. The summed E-state index contributed by atoms with van der Waals surface area (Å²) in [5.74, 6) is 0. The molecule has 0 aliphatic carbocycles. The van der Waals surface area contributed by atoms with Crippen LogP contribution in [0.3, 0.4) is 0 Å². The van der Waals surface area contributed by atoms with Crippen LogP contribution >= 0.6 is 0 Å². The zero-order valence-corrected chi connectivity index (χ0v) is 10.8. The van der Waals surface area contributed by atoms with E-state index in [9.17, 15) is 0 Å². The van der Waals surface area contributed by atoms with Gasteiger partial charge in [0, 0.05) is 0 Å². The Morgan fingerprint density at radius 3 is 2.13 bits per heavy atom. The number of hydrogen-bond donors (Lipinski definition) is 0. The molecule has 0 fully saturated rings. The summed E-state index contributed by atoms with van der Waals surface area (Å²) in [4.78, 5) is 0. The van der Waals surface area contributed by atoms with Gasteiger partial charge in [-0.2, -0.15) is 0 Å². The Labute approximate surface area is 94.5 Å². The minimum Gasteiger partial charge on any atom is -0.473 e. The lowest BCUT2D eigenvalue weighted by atomic mass is 10.1. The largest absolute Gasteiger partial charge is 0.473 e. The molecule has 0 aromatic heterocycles. The summed E-state index contributed by atoms with van der Waals surface area (Å²) in [6.45, 7) is 10.6. The van der Waals surface area contributed by atoms with Crippen LogP contribution in [0.15, 0.2) is 35.3 Å². The maximum absolute atomic E-state index is 5.36. The van der Waals surface area contributed by atoms with Gasteiger partial charge in [0.1, 0.15) is 0 Å². The maximum Gasteiger partial charge on any atom is 0.0890 e. The van der Waals surface area contributed by atoms with Crippen LogP contribution in [0.25, 0.3) is 0 Å². The summed E-state index contributed by atoms with van der Waals surface area (Å²) in [6, 6.07) is 0. The van der Waals surface area contributed by atoms with Crippen LogP contribution in [0.5, 0.6) is 0 Å². The molecule has 15 heavy (non-hydrogen) atoms. The first kappa shape index (κ1) is 14.0. The second kappa shape index (κ2) is 8.34. The Bertz CT molecular complexity index is 253. The number of ether oxygens (including phenoxy) is 1. The van der Waals surface area contributed by atoms with Crippen molar-refractivity contribution in [3.63, 3.8) is 0 Å². The van der Waals surface area contributed by atoms with Crippen molar-refractivity contribution in [2.75, 3.05) is 0 Å². The molecule has 0 unspecified atom stereocenters. The van der Waals surface area contributed by atoms with E-state index in [1.807, 2.05) is 12.5 Å². The molecule has 0 aromatic carbocycles. The Morgan fingerprint density at radius 1 is 1.00 bits per heavy atom. The van der Waals surface area contributed by atoms with Gasteiger partial charge in [0.15, 0.2) is 0 Å². The first-order valence-corrected chi connectivity index (χ1v) is 5.66. The van der Waals surface area contributed by atoms with Gasteiger partial charge >= 0.3 is 0 Å². The van der Waals surface area contributed by atoms with E-state index < -0.39 is 0 Å². The lowest BCUT2D eigenvalue weighted by Crippen LogP contribution is -1.80. The predicted octanol–water partition coefficient (Wildman–Crippen LogP) is 4.97. The molecule has 0 aliphatic heterocycles. The molecular weight excluding hydrogens is 184 g/mol. The van der Waals surface area contributed by atoms with E-state index in [0.717, 1.165) is 19.3 Å². The van der Waals surface area contributed by atoms with Crippen LogP contribution in [0, 0.1) is 0 Å². The molecule has 0 aromatic rings. The molecule has 0 atom stereocenters. The molecule has 0 bridgehead atoms. The fourth-order valence-corrected chi connectivity index (χ4v) is 0.997.